The summed E-state index contributed by atoms with van der Waals surface area (Å²) in [6, 6.07) is 7.02. The number of nitrogens with zero attached hydrogens (tertiary/aromatic N) is 2. The molecular weight excluding hydrogens is 378 g/mol. The van der Waals surface area contributed by atoms with Crippen LogP contribution in [0.2, 0.25) is 5.02 Å². The van der Waals surface area contributed by atoms with Crippen molar-refractivity contribution in [1.82, 2.24) is 10.3 Å². The number of carbonyl (C=O) groups is 1. The fourth-order valence-electron chi connectivity index (χ4n) is 2.64. The first-order valence-electron chi connectivity index (χ1n) is 9.23. The number of nitrogens with one attached hydrogen (secondary N) is 1. The molecule has 28 heavy (non-hydrogen) atoms. The Morgan fingerprint density at radius 1 is 1.32 bits per heavy atom. The molecule has 0 aliphatic rings. The van der Waals surface area contributed by atoms with Crippen molar-refractivity contribution < 1.29 is 14.3 Å². The van der Waals surface area contributed by atoms with E-state index in [1.807, 2.05) is 31.1 Å². The van der Waals surface area contributed by atoms with Crippen LogP contribution in [0.3, 0.4) is 0 Å². The van der Waals surface area contributed by atoms with Crippen LogP contribution < -0.4 is 19.7 Å². The minimum absolute atomic E-state index is 0.248. The van der Waals surface area contributed by atoms with Crippen LogP contribution in [-0.4, -0.2) is 38.7 Å². The fraction of sp³-hybridized carbons (Fsp3) is 0.429. The van der Waals surface area contributed by atoms with Gasteiger partial charge in [-0.3, -0.25) is 4.79 Å². The largest absolute Gasteiger partial charge is 0.493 e. The SMILES string of the molecule is COc1cc(C(=O)NCc2cccnc2N(C)C)cc(Cl)c1OCCC(C)C. The third-order valence-corrected chi connectivity index (χ3v) is 4.44. The first kappa shape index (κ1) is 21.8. The molecule has 0 aliphatic heterocycles. The molecule has 0 atom stereocenters. The molecule has 0 saturated carbocycles. The molecule has 0 saturated heterocycles. The Hall–Kier alpha value is -2.47. The van der Waals surface area contributed by atoms with Gasteiger partial charge in [0.25, 0.3) is 5.91 Å². The van der Waals surface area contributed by atoms with Gasteiger partial charge in [0.15, 0.2) is 11.5 Å². The van der Waals surface area contributed by atoms with Gasteiger partial charge in [0.1, 0.15) is 5.82 Å². The van der Waals surface area contributed by atoms with E-state index in [0.717, 1.165) is 17.8 Å². The maximum atomic E-state index is 12.6. The summed E-state index contributed by atoms with van der Waals surface area (Å²) >= 11 is 6.35. The van der Waals surface area contributed by atoms with Crippen LogP contribution in [-0.2, 0) is 6.54 Å². The van der Waals surface area contributed by atoms with Crippen LogP contribution in [0.4, 0.5) is 5.82 Å². The highest BCUT2D eigenvalue weighted by Gasteiger charge is 2.16. The Kier molecular flexibility index (Phi) is 7.93. The lowest BCUT2D eigenvalue weighted by atomic mass is 10.1. The Balaban J connectivity index is 2.12. The Bertz CT molecular complexity index is 809. The van der Waals surface area contributed by atoms with Gasteiger partial charge >= 0.3 is 0 Å². The van der Waals surface area contributed by atoms with Gasteiger partial charge in [0.2, 0.25) is 0 Å². The van der Waals surface area contributed by atoms with E-state index in [4.69, 9.17) is 21.1 Å². The zero-order valence-electron chi connectivity index (χ0n) is 17.1. The van der Waals surface area contributed by atoms with E-state index in [1.165, 1.54) is 7.11 Å². The minimum Gasteiger partial charge on any atom is -0.493 e. The maximum Gasteiger partial charge on any atom is 0.251 e. The number of aromatic nitrogens is 1. The second-order valence-corrected chi connectivity index (χ2v) is 7.49. The number of pyridine rings is 1. The number of hydrogen-bond acceptors (Lipinski definition) is 5. The number of anilines is 1. The van der Waals surface area contributed by atoms with Crippen LogP contribution >= 0.6 is 11.6 Å². The van der Waals surface area contributed by atoms with E-state index in [1.54, 1.807) is 18.3 Å². The van der Waals surface area contributed by atoms with E-state index >= 15 is 0 Å². The van der Waals surface area contributed by atoms with Crippen molar-refractivity contribution in [3.63, 3.8) is 0 Å². The third-order valence-electron chi connectivity index (χ3n) is 4.16. The summed E-state index contributed by atoms with van der Waals surface area (Å²) in [5.74, 6) is 1.99. The number of amides is 1. The van der Waals surface area contributed by atoms with E-state index in [9.17, 15) is 4.79 Å². The molecule has 0 aliphatic carbocycles. The van der Waals surface area contributed by atoms with Crippen molar-refractivity contribution >= 4 is 23.3 Å². The Morgan fingerprint density at radius 3 is 2.71 bits per heavy atom. The molecule has 1 amide bonds. The monoisotopic (exact) mass is 405 g/mol. The van der Waals surface area contributed by atoms with Gasteiger partial charge in [0, 0.05) is 38.0 Å². The van der Waals surface area contributed by atoms with Gasteiger partial charge in [-0.2, -0.15) is 0 Å². The zero-order chi connectivity index (χ0) is 20.7. The first-order valence-corrected chi connectivity index (χ1v) is 9.61. The second-order valence-electron chi connectivity index (χ2n) is 7.08. The van der Waals surface area contributed by atoms with Gasteiger partial charge in [-0.05, 0) is 30.5 Å². The third kappa shape index (κ3) is 5.76. The molecule has 152 valence electrons. The van der Waals surface area contributed by atoms with E-state index in [2.05, 4.69) is 24.1 Å². The van der Waals surface area contributed by atoms with Gasteiger partial charge < -0.3 is 19.7 Å². The van der Waals surface area contributed by atoms with Crippen LogP contribution in [0.25, 0.3) is 0 Å². The lowest BCUT2D eigenvalue weighted by molar-refractivity contribution is 0.0950. The number of carbonyl (C=O) groups excluding carboxylic acids is 1. The van der Waals surface area contributed by atoms with Crippen molar-refractivity contribution in [1.29, 1.82) is 0 Å². The molecule has 7 heteroatoms. The Morgan fingerprint density at radius 2 is 2.07 bits per heavy atom. The smallest absolute Gasteiger partial charge is 0.251 e. The van der Waals surface area contributed by atoms with E-state index < -0.39 is 0 Å². The topological polar surface area (TPSA) is 63.7 Å². The minimum atomic E-state index is -0.248. The zero-order valence-corrected chi connectivity index (χ0v) is 17.8. The average molecular weight is 406 g/mol. The van der Waals surface area contributed by atoms with Crippen molar-refractivity contribution in [3.8, 4) is 11.5 Å². The van der Waals surface area contributed by atoms with Crippen LogP contribution in [0.1, 0.15) is 36.2 Å². The molecule has 1 heterocycles. The highest BCUT2D eigenvalue weighted by molar-refractivity contribution is 6.32. The fourth-order valence-corrected chi connectivity index (χ4v) is 2.90. The predicted molar refractivity (Wildman–Crippen MR) is 113 cm³/mol. The number of halogens is 1. The van der Waals surface area contributed by atoms with Gasteiger partial charge in [-0.1, -0.05) is 31.5 Å². The summed E-state index contributed by atoms with van der Waals surface area (Å²) in [6.07, 6.45) is 2.63. The normalized spacial score (nSPS) is 10.7. The molecular formula is C21H28ClN3O3. The molecule has 1 N–H and O–H groups in total. The summed E-state index contributed by atoms with van der Waals surface area (Å²) in [5, 5.41) is 3.26. The summed E-state index contributed by atoms with van der Waals surface area (Å²) in [7, 11) is 5.36. The predicted octanol–water partition coefficient (Wildman–Crippen LogP) is 4.16. The highest BCUT2D eigenvalue weighted by Crippen LogP contribution is 2.36. The Labute approximate surface area is 171 Å². The molecule has 0 fully saturated rings. The number of methoxy groups -OCH3 is 1. The van der Waals surface area contributed by atoms with E-state index in [-0.39, 0.29) is 5.91 Å². The molecule has 1 aromatic heterocycles. The van der Waals surface area contributed by atoms with Gasteiger partial charge in [-0.25, -0.2) is 4.98 Å². The van der Waals surface area contributed by atoms with Gasteiger partial charge in [0.05, 0.1) is 18.7 Å². The van der Waals surface area contributed by atoms with Crippen LogP contribution in [0.5, 0.6) is 11.5 Å². The number of ether oxygens (including phenoxy) is 2. The van der Waals surface area contributed by atoms with E-state index in [0.29, 0.717) is 41.2 Å². The van der Waals surface area contributed by atoms with Crippen molar-refractivity contribution in [2.24, 2.45) is 5.92 Å². The van der Waals surface area contributed by atoms with Crippen LogP contribution in [0.15, 0.2) is 30.5 Å². The summed E-state index contributed by atoms with van der Waals surface area (Å²) in [5.41, 5.74) is 1.33. The highest BCUT2D eigenvalue weighted by atomic mass is 35.5. The molecule has 0 unspecified atom stereocenters. The molecule has 2 aromatic rings. The lowest BCUT2D eigenvalue weighted by Crippen LogP contribution is -2.24. The molecule has 0 spiro atoms. The second kappa shape index (κ2) is 10.2. The van der Waals surface area contributed by atoms with Crippen LogP contribution in [0, 0.1) is 5.92 Å². The molecule has 2 rings (SSSR count). The number of benzene rings is 1. The van der Waals surface area contributed by atoms with Gasteiger partial charge in [-0.15, -0.1) is 0 Å². The standard InChI is InChI=1S/C21H28ClN3O3/c1-14(2)8-10-28-19-17(22)11-16(12-18(19)27-5)21(26)24-13-15-7-6-9-23-20(15)25(3)4/h6-7,9,11-12,14H,8,10,13H2,1-5H3,(H,24,26). The maximum absolute atomic E-state index is 12.6. The number of hydrogen-bond donors (Lipinski definition) is 1. The molecule has 0 radical (unpaired) electrons. The van der Waals surface area contributed by atoms with Crippen molar-refractivity contribution in [2.45, 2.75) is 26.8 Å². The summed E-state index contributed by atoms with van der Waals surface area (Å²) in [4.78, 5) is 18.9. The quantitative estimate of drug-likeness (QED) is 0.678. The number of rotatable bonds is 9. The first-order chi connectivity index (χ1) is 13.3. The molecule has 0 bridgehead atoms. The van der Waals surface area contributed by atoms with Crippen molar-refractivity contribution in [2.75, 3.05) is 32.7 Å². The molecule has 6 nitrogen and oxygen atoms in total. The summed E-state index contributed by atoms with van der Waals surface area (Å²) < 4.78 is 11.2. The lowest BCUT2D eigenvalue weighted by Gasteiger charge is -2.17. The summed E-state index contributed by atoms with van der Waals surface area (Å²) in [6.45, 7) is 5.14. The molecule has 1 aromatic carbocycles. The average Bonchev–Trinajstić information content (AvgIpc) is 2.66. The van der Waals surface area contributed by atoms with Crippen molar-refractivity contribution in [3.05, 3.63) is 46.6 Å².